The first-order valence-electron chi connectivity index (χ1n) is 7.55. The van der Waals surface area contributed by atoms with Crippen LogP contribution in [-0.2, 0) is 0 Å². The summed E-state index contributed by atoms with van der Waals surface area (Å²) in [5.41, 5.74) is 0. The van der Waals surface area contributed by atoms with Crippen LogP contribution in [0.4, 0.5) is 0 Å². The highest BCUT2D eigenvalue weighted by atomic mass is 127. The van der Waals surface area contributed by atoms with Gasteiger partial charge in [-0.2, -0.15) is 0 Å². The standard InChI is InChI=1S/C16H25ISi/c1-2-3-4-5-14-10-12-18(13-11-14)16-8-6-15(17)7-9-16/h6-9,14,18H,2-5,10-13H2,1H3/t14-,18-. The number of benzene rings is 1. The van der Waals surface area contributed by atoms with Crippen molar-refractivity contribution in [1.82, 2.24) is 0 Å². The van der Waals surface area contributed by atoms with E-state index >= 15 is 0 Å². The van der Waals surface area contributed by atoms with Crippen LogP contribution in [0.3, 0.4) is 0 Å². The molecule has 1 aromatic rings. The Kier molecular flexibility index (Phi) is 6.22. The summed E-state index contributed by atoms with van der Waals surface area (Å²) in [6.07, 6.45) is 8.82. The van der Waals surface area contributed by atoms with E-state index in [-0.39, 0.29) is 0 Å². The van der Waals surface area contributed by atoms with E-state index in [1.165, 1.54) is 42.1 Å². The maximum Gasteiger partial charge on any atom is 0.0708 e. The minimum absolute atomic E-state index is 0.588. The van der Waals surface area contributed by atoms with E-state index in [1.807, 2.05) is 0 Å². The van der Waals surface area contributed by atoms with Crippen molar-refractivity contribution in [3.05, 3.63) is 27.8 Å². The zero-order valence-corrected chi connectivity index (χ0v) is 14.8. The van der Waals surface area contributed by atoms with Gasteiger partial charge in [0.05, 0.1) is 8.80 Å². The molecule has 1 saturated heterocycles. The molecule has 0 atom stereocenters. The fourth-order valence-corrected chi connectivity index (χ4v) is 7.00. The number of unbranched alkanes of at least 4 members (excludes halogenated alkanes) is 2. The van der Waals surface area contributed by atoms with E-state index in [1.54, 1.807) is 17.3 Å². The zero-order chi connectivity index (χ0) is 12.8. The van der Waals surface area contributed by atoms with Gasteiger partial charge >= 0.3 is 0 Å². The molecule has 0 radical (unpaired) electrons. The van der Waals surface area contributed by atoms with Gasteiger partial charge in [0.15, 0.2) is 0 Å². The summed E-state index contributed by atoms with van der Waals surface area (Å²) < 4.78 is 1.37. The van der Waals surface area contributed by atoms with Gasteiger partial charge in [-0.05, 0) is 40.6 Å². The predicted molar refractivity (Wildman–Crippen MR) is 92.4 cm³/mol. The average molecular weight is 372 g/mol. The Hall–Kier alpha value is 0.167. The molecule has 0 unspecified atom stereocenters. The number of rotatable bonds is 5. The Morgan fingerprint density at radius 3 is 2.39 bits per heavy atom. The highest BCUT2D eigenvalue weighted by molar-refractivity contribution is 14.1. The van der Waals surface area contributed by atoms with E-state index in [0.717, 1.165) is 5.92 Å². The molecule has 1 aromatic carbocycles. The van der Waals surface area contributed by atoms with Gasteiger partial charge in [0.25, 0.3) is 0 Å². The minimum atomic E-state index is -0.588. The monoisotopic (exact) mass is 372 g/mol. The van der Waals surface area contributed by atoms with E-state index < -0.39 is 8.80 Å². The van der Waals surface area contributed by atoms with Crippen molar-refractivity contribution in [3.8, 4) is 0 Å². The lowest BCUT2D eigenvalue weighted by atomic mass is 9.96. The molecule has 0 N–H and O–H groups in total. The fraction of sp³-hybridized carbons (Fsp3) is 0.625. The van der Waals surface area contributed by atoms with Crippen LogP contribution in [0.5, 0.6) is 0 Å². The lowest BCUT2D eigenvalue weighted by Crippen LogP contribution is -2.33. The van der Waals surface area contributed by atoms with E-state index in [4.69, 9.17) is 0 Å². The highest BCUT2D eigenvalue weighted by Gasteiger charge is 2.22. The molecule has 18 heavy (non-hydrogen) atoms. The molecular formula is C16H25ISi. The van der Waals surface area contributed by atoms with Gasteiger partial charge < -0.3 is 0 Å². The van der Waals surface area contributed by atoms with Crippen molar-refractivity contribution in [3.63, 3.8) is 0 Å². The quantitative estimate of drug-likeness (QED) is 0.399. The van der Waals surface area contributed by atoms with Gasteiger partial charge in [-0.25, -0.2) is 0 Å². The molecule has 1 heterocycles. The third kappa shape index (κ3) is 4.37. The van der Waals surface area contributed by atoms with Crippen LogP contribution in [0.1, 0.15) is 45.4 Å². The largest absolute Gasteiger partial charge is 0.0708 e. The summed E-state index contributed by atoms with van der Waals surface area (Å²) in [7, 11) is -0.588. The second-order valence-corrected chi connectivity index (χ2v) is 10.2. The number of halogens is 1. The fourth-order valence-electron chi connectivity index (χ4n) is 3.20. The molecule has 0 bridgehead atoms. The molecule has 2 heteroatoms. The van der Waals surface area contributed by atoms with Crippen molar-refractivity contribution in [1.29, 1.82) is 0 Å². The van der Waals surface area contributed by atoms with E-state index in [2.05, 4.69) is 53.8 Å². The molecular weight excluding hydrogens is 347 g/mol. The second-order valence-electron chi connectivity index (χ2n) is 5.76. The molecule has 1 fully saturated rings. The maximum atomic E-state index is 2.40. The van der Waals surface area contributed by atoms with Crippen LogP contribution >= 0.6 is 22.6 Å². The molecule has 2 rings (SSSR count). The lowest BCUT2D eigenvalue weighted by molar-refractivity contribution is 0.418. The minimum Gasteiger partial charge on any atom is -0.0654 e. The summed E-state index contributed by atoms with van der Waals surface area (Å²) >= 11 is 2.40. The van der Waals surface area contributed by atoms with Crippen LogP contribution in [0.15, 0.2) is 24.3 Å². The average Bonchev–Trinajstić information content (AvgIpc) is 2.41. The number of hydrogen-bond acceptors (Lipinski definition) is 0. The molecule has 1 aliphatic rings. The lowest BCUT2D eigenvalue weighted by Gasteiger charge is -2.27. The highest BCUT2D eigenvalue weighted by Crippen LogP contribution is 2.29. The topological polar surface area (TPSA) is 0 Å². The molecule has 100 valence electrons. The van der Waals surface area contributed by atoms with Crippen LogP contribution in [0, 0.1) is 9.49 Å². The van der Waals surface area contributed by atoms with Gasteiger partial charge in [0.1, 0.15) is 0 Å². The van der Waals surface area contributed by atoms with Crippen molar-refractivity contribution in [2.24, 2.45) is 5.92 Å². The first kappa shape index (κ1) is 14.6. The third-order valence-electron chi connectivity index (χ3n) is 4.40. The van der Waals surface area contributed by atoms with Crippen molar-refractivity contribution in [2.45, 2.75) is 57.5 Å². The molecule has 0 aliphatic carbocycles. The summed E-state index contributed by atoms with van der Waals surface area (Å²) in [5.74, 6) is 1.06. The van der Waals surface area contributed by atoms with Crippen LogP contribution in [-0.4, -0.2) is 8.80 Å². The molecule has 1 aliphatic heterocycles. The van der Waals surface area contributed by atoms with Crippen LogP contribution in [0.2, 0.25) is 12.1 Å². The SMILES string of the molecule is CCCCC[C@H]1CC[Si@H](c2ccc(I)cc2)CC1. The molecule has 0 aromatic heterocycles. The third-order valence-corrected chi connectivity index (χ3v) is 8.51. The first-order valence-corrected chi connectivity index (χ1v) is 10.8. The molecule has 0 nitrogen and oxygen atoms in total. The normalized spacial score (nSPS) is 24.1. The Morgan fingerprint density at radius 1 is 1.11 bits per heavy atom. The van der Waals surface area contributed by atoms with Gasteiger partial charge in [-0.1, -0.05) is 74.9 Å². The van der Waals surface area contributed by atoms with Crippen molar-refractivity contribution in [2.75, 3.05) is 0 Å². The Labute approximate surface area is 127 Å². The Balaban J connectivity index is 1.77. The van der Waals surface area contributed by atoms with Crippen LogP contribution < -0.4 is 5.19 Å². The summed E-state index contributed by atoms with van der Waals surface area (Å²) in [6, 6.07) is 12.5. The maximum absolute atomic E-state index is 2.40. The zero-order valence-electron chi connectivity index (χ0n) is 11.5. The predicted octanol–water partition coefficient (Wildman–Crippen LogP) is 4.72. The first-order chi connectivity index (χ1) is 8.79. The van der Waals surface area contributed by atoms with Gasteiger partial charge in [-0.15, -0.1) is 0 Å². The second kappa shape index (κ2) is 7.68. The van der Waals surface area contributed by atoms with E-state index in [9.17, 15) is 0 Å². The molecule has 0 amide bonds. The summed E-state index contributed by atoms with van der Waals surface area (Å²) in [5, 5.41) is 1.71. The van der Waals surface area contributed by atoms with Crippen molar-refractivity contribution >= 4 is 36.6 Å². The Bertz CT molecular complexity index is 339. The summed E-state index contributed by atoms with van der Waals surface area (Å²) in [4.78, 5) is 0. The van der Waals surface area contributed by atoms with E-state index in [0.29, 0.717) is 0 Å². The van der Waals surface area contributed by atoms with Gasteiger partial charge in [0, 0.05) is 3.57 Å². The molecule has 0 spiro atoms. The van der Waals surface area contributed by atoms with Gasteiger partial charge in [-0.3, -0.25) is 0 Å². The summed E-state index contributed by atoms with van der Waals surface area (Å²) in [6.45, 7) is 2.31. The van der Waals surface area contributed by atoms with Crippen LogP contribution in [0.25, 0.3) is 0 Å². The Morgan fingerprint density at radius 2 is 1.78 bits per heavy atom. The smallest absolute Gasteiger partial charge is 0.0654 e. The molecule has 0 saturated carbocycles. The number of hydrogen-bond donors (Lipinski definition) is 0. The van der Waals surface area contributed by atoms with Gasteiger partial charge in [0.2, 0.25) is 0 Å². The van der Waals surface area contributed by atoms with Crippen molar-refractivity contribution < 1.29 is 0 Å².